The van der Waals surface area contributed by atoms with Crippen molar-refractivity contribution >= 4 is 46.4 Å². The van der Waals surface area contributed by atoms with Gasteiger partial charge in [0.2, 0.25) is 11.7 Å². The SMILES string of the molecule is O=C(Cc1cc(CC(=O)C(F)(F)F)c(F)cc1F)c1cc(NC(=O)[C@H]2[C@H](c3ccc(F)c(C(F)(F)F)c3)C2(Cl)Cl)cc(F)c1F. The highest BCUT2D eigenvalue weighted by atomic mass is 35.5. The van der Waals surface area contributed by atoms with Crippen molar-refractivity contribution < 1.29 is 62.7 Å². The third-order valence-corrected chi connectivity index (χ3v) is 7.76. The lowest BCUT2D eigenvalue weighted by Gasteiger charge is -2.12. The van der Waals surface area contributed by atoms with Crippen molar-refractivity contribution in [1.82, 2.24) is 0 Å². The summed E-state index contributed by atoms with van der Waals surface area (Å²) in [6.07, 6.45) is -13.1. The summed E-state index contributed by atoms with van der Waals surface area (Å²) in [4.78, 5) is 36.9. The lowest BCUT2D eigenvalue weighted by molar-refractivity contribution is -0.170. The lowest BCUT2D eigenvalue weighted by Crippen LogP contribution is -2.25. The van der Waals surface area contributed by atoms with Crippen molar-refractivity contribution in [3.63, 3.8) is 0 Å². The highest BCUT2D eigenvalue weighted by molar-refractivity contribution is 6.53. The van der Waals surface area contributed by atoms with Gasteiger partial charge in [-0.25, -0.2) is 22.0 Å². The number of ketones is 2. The molecule has 1 aliphatic carbocycles. The molecule has 17 heteroatoms. The molecule has 0 aromatic heterocycles. The summed E-state index contributed by atoms with van der Waals surface area (Å²) in [5.41, 5.74) is -5.31. The van der Waals surface area contributed by atoms with E-state index in [9.17, 15) is 62.7 Å². The van der Waals surface area contributed by atoms with E-state index in [-0.39, 0.29) is 11.6 Å². The molecule has 0 spiro atoms. The molecule has 1 N–H and O–H groups in total. The molecular formula is C28H14Cl2F11NO3. The lowest BCUT2D eigenvalue weighted by atomic mass is 9.98. The minimum absolute atomic E-state index is 0.102. The largest absolute Gasteiger partial charge is 0.450 e. The maximum atomic E-state index is 14.6. The number of rotatable bonds is 8. The standard InChI is InChI=1S/C28H14Cl2F11NO3/c29-26(30)22(10-1-2-16(31)15(4-10)27(36,37)38)23(26)25(45)42-13-7-14(24(35)19(34)8-13)20(43)5-11-3-12(18(33)9-17(11)32)6-21(44)28(39,40)41/h1-4,7-9,22-23H,5-6H2,(H,42,45)/t22-,23+/m0/s1. The molecule has 2 atom stereocenters. The van der Waals surface area contributed by atoms with Crippen LogP contribution in [0.2, 0.25) is 0 Å². The fourth-order valence-corrected chi connectivity index (χ4v) is 5.39. The van der Waals surface area contributed by atoms with Crippen LogP contribution < -0.4 is 5.32 Å². The molecule has 45 heavy (non-hydrogen) atoms. The van der Waals surface area contributed by atoms with Crippen LogP contribution in [0, 0.1) is 35.0 Å². The first kappa shape index (κ1) is 34.2. The molecule has 1 fully saturated rings. The van der Waals surface area contributed by atoms with E-state index in [0.717, 1.165) is 6.07 Å². The summed E-state index contributed by atoms with van der Waals surface area (Å²) in [5.74, 6) is -15.8. The molecule has 1 amide bonds. The molecule has 240 valence electrons. The van der Waals surface area contributed by atoms with E-state index in [1.165, 1.54) is 0 Å². The molecule has 0 bridgehead atoms. The van der Waals surface area contributed by atoms with Crippen molar-refractivity contribution in [2.45, 2.75) is 35.4 Å². The first-order valence-electron chi connectivity index (χ1n) is 12.3. The van der Waals surface area contributed by atoms with Crippen LogP contribution in [0.5, 0.6) is 0 Å². The second kappa shape index (κ2) is 11.9. The molecule has 4 nitrogen and oxygen atoms in total. The van der Waals surface area contributed by atoms with Crippen LogP contribution in [0.1, 0.15) is 38.5 Å². The molecule has 1 aliphatic rings. The van der Waals surface area contributed by atoms with Gasteiger partial charge in [-0.1, -0.05) is 6.07 Å². The molecule has 0 aliphatic heterocycles. The van der Waals surface area contributed by atoms with Gasteiger partial charge in [0.25, 0.3) is 0 Å². The Bertz CT molecular complexity index is 1720. The van der Waals surface area contributed by atoms with Gasteiger partial charge in [-0.15, -0.1) is 23.2 Å². The smallest absolute Gasteiger partial charge is 0.326 e. The van der Waals surface area contributed by atoms with Crippen LogP contribution in [0.4, 0.5) is 54.0 Å². The number of halogens is 13. The number of anilines is 1. The average Bonchev–Trinajstić information content (AvgIpc) is 3.49. The Labute approximate surface area is 255 Å². The Morgan fingerprint density at radius 3 is 1.93 bits per heavy atom. The summed E-state index contributed by atoms with van der Waals surface area (Å²) in [6.45, 7) is 0. The molecule has 0 heterocycles. The van der Waals surface area contributed by atoms with Crippen molar-refractivity contribution in [2.75, 3.05) is 5.32 Å². The number of hydrogen-bond donors (Lipinski definition) is 1. The van der Waals surface area contributed by atoms with Crippen LogP contribution >= 0.6 is 23.2 Å². The highest BCUT2D eigenvalue weighted by Gasteiger charge is 2.67. The third-order valence-electron chi connectivity index (χ3n) is 6.82. The molecule has 0 unspecified atom stereocenters. The Hall–Kier alpha value is -3.72. The maximum absolute atomic E-state index is 14.6. The second-order valence-electron chi connectivity index (χ2n) is 9.91. The van der Waals surface area contributed by atoms with Gasteiger partial charge >= 0.3 is 12.4 Å². The number of carbonyl (C=O) groups excluding carboxylic acids is 3. The zero-order valence-corrected chi connectivity index (χ0v) is 23.3. The summed E-state index contributed by atoms with van der Waals surface area (Å²) in [6, 6.07) is 3.35. The van der Waals surface area contributed by atoms with Gasteiger partial charge in [0.15, 0.2) is 17.4 Å². The fourth-order valence-electron chi connectivity index (χ4n) is 4.56. The second-order valence-corrected chi connectivity index (χ2v) is 11.4. The number of nitrogens with one attached hydrogen (secondary N) is 1. The van der Waals surface area contributed by atoms with E-state index in [0.29, 0.717) is 30.3 Å². The van der Waals surface area contributed by atoms with Crippen LogP contribution in [0.25, 0.3) is 0 Å². The summed E-state index contributed by atoms with van der Waals surface area (Å²) in [7, 11) is 0. The number of hydrogen-bond acceptors (Lipinski definition) is 3. The monoisotopic (exact) mass is 691 g/mol. The quantitative estimate of drug-likeness (QED) is 0.148. The maximum Gasteiger partial charge on any atom is 0.450 e. The minimum Gasteiger partial charge on any atom is -0.326 e. The summed E-state index contributed by atoms with van der Waals surface area (Å²) in [5, 5.41) is 2.08. The molecule has 0 radical (unpaired) electrons. The first-order chi connectivity index (χ1) is 20.6. The molecule has 3 aromatic rings. The van der Waals surface area contributed by atoms with E-state index >= 15 is 0 Å². The van der Waals surface area contributed by atoms with E-state index < -0.39 is 116 Å². The van der Waals surface area contributed by atoms with Crippen LogP contribution in [0.3, 0.4) is 0 Å². The summed E-state index contributed by atoms with van der Waals surface area (Å²) >= 11 is 12.2. The first-order valence-corrected chi connectivity index (χ1v) is 13.0. The molecule has 1 saturated carbocycles. The molecule has 0 saturated heterocycles. The van der Waals surface area contributed by atoms with Gasteiger partial charge in [-0.3, -0.25) is 14.4 Å². The molecule has 4 rings (SSSR count). The zero-order chi connectivity index (χ0) is 33.8. The van der Waals surface area contributed by atoms with Gasteiger partial charge in [0, 0.05) is 36.6 Å². The molecular weight excluding hydrogens is 678 g/mol. The summed E-state index contributed by atoms with van der Waals surface area (Å²) < 4.78 is 146. The van der Waals surface area contributed by atoms with Crippen molar-refractivity contribution in [1.29, 1.82) is 0 Å². The number of alkyl halides is 8. The van der Waals surface area contributed by atoms with E-state index in [1.54, 1.807) is 0 Å². The normalized spacial score (nSPS) is 17.6. The Morgan fingerprint density at radius 2 is 1.36 bits per heavy atom. The molecule has 3 aromatic carbocycles. The zero-order valence-electron chi connectivity index (χ0n) is 21.7. The van der Waals surface area contributed by atoms with E-state index in [1.807, 2.05) is 0 Å². The fraction of sp³-hybridized carbons (Fsp3) is 0.250. The highest BCUT2D eigenvalue weighted by Crippen LogP contribution is 2.65. The van der Waals surface area contributed by atoms with Gasteiger partial charge in [-0.2, -0.15) is 26.3 Å². The van der Waals surface area contributed by atoms with Crippen LogP contribution in [-0.4, -0.2) is 28.0 Å². The number of benzene rings is 3. The topological polar surface area (TPSA) is 63.2 Å². The van der Waals surface area contributed by atoms with Crippen LogP contribution in [0.15, 0.2) is 42.5 Å². The predicted molar refractivity (Wildman–Crippen MR) is 136 cm³/mol. The van der Waals surface area contributed by atoms with Gasteiger partial charge < -0.3 is 5.32 Å². The minimum atomic E-state index is -5.35. The van der Waals surface area contributed by atoms with Crippen LogP contribution in [-0.2, 0) is 28.6 Å². The Morgan fingerprint density at radius 1 is 0.756 bits per heavy atom. The van der Waals surface area contributed by atoms with Crippen molar-refractivity contribution in [3.8, 4) is 0 Å². The Balaban J connectivity index is 1.56. The van der Waals surface area contributed by atoms with Gasteiger partial charge in [-0.05, 0) is 41.0 Å². The van der Waals surface area contributed by atoms with Gasteiger partial charge in [0.05, 0.1) is 17.0 Å². The van der Waals surface area contributed by atoms with E-state index in [4.69, 9.17) is 23.2 Å². The third kappa shape index (κ3) is 7.08. The van der Waals surface area contributed by atoms with E-state index in [2.05, 4.69) is 5.32 Å². The predicted octanol–water partition coefficient (Wildman–Crippen LogP) is 8.03. The van der Waals surface area contributed by atoms with Gasteiger partial charge in [0.1, 0.15) is 21.8 Å². The average molecular weight is 692 g/mol. The van der Waals surface area contributed by atoms with Crippen molar-refractivity contribution in [3.05, 3.63) is 99.4 Å². The Kier molecular flexibility index (Phi) is 9.03. The number of carbonyl (C=O) groups is 3. The number of amides is 1. The van der Waals surface area contributed by atoms with Crippen molar-refractivity contribution in [2.24, 2.45) is 5.92 Å². The number of Topliss-reactive ketones (excluding diaryl/α,β-unsaturated/α-hetero) is 2.